The number of H-pyrrole nitrogens is 1. The lowest BCUT2D eigenvalue weighted by Gasteiger charge is -1.97. The van der Waals surface area contributed by atoms with Crippen molar-refractivity contribution in [2.45, 2.75) is 5.16 Å². The molecule has 3 rings (SSSR count). The van der Waals surface area contributed by atoms with Crippen molar-refractivity contribution in [3.63, 3.8) is 0 Å². The number of benzene rings is 1. The van der Waals surface area contributed by atoms with Gasteiger partial charge in [-0.25, -0.2) is 0 Å². The lowest BCUT2D eigenvalue weighted by Crippen LogP contribution is -2.08. The normalized spacial score (nSPS) is 10.9. The van der Waals surface area contributed by atoms with E-state index in [1.165, 1.54) is 11.8 Å². The lowest BCUT2D eigenvalue weighted by atomic mass is 10.1. The molecule has 2 heterocycles. The molecule has 90 valence electrons. The summed E-state index contributed by atoms with van der Waals surface area (Å²) in [5.41, 5.74) is 1.92. The number of hydrogen-bond donors (Lipinski definition) is 1. The molecule has 1 aromatic carbocycles. The van der Waals surface area contributed by atoms with Gasteiger partial charge in [0.25, 0.3) is 5.56 Å². The SMILES string of the molecule is CSc1nc2occ(-c3ccccc3)c2c(=O)[nH]1. The van der Waals surface area contributed by atoms with Crippen LogP contribution in [0.5, 0.6) is 0 Å². The molecule has 0 atom stereocenters. The Kier molecular flexibility index (Phi) is 2.68. The van der Waals surface area contributed by atoms with Crippen LogP contribution in [0.1, 0.15) is 0 Å². The quantitative estimate of drug-likeness (QED) is 0.567. The number of furan rings is 1. The van der Waals surface area contributed by atoms with Crippen molar-refractivity contribution in [3.05, 3.63) is 46.9 Å². The van der Waals surface area contributed by atoms with Gasteiger partial charge in [-0.1, -0.05) is 42.1 Å². The van der Waals surface area contributed by atoms with Gasteiger partial charge in [0, 0.05) is 5.56 Å². The Morgan fingerprint density at radius 1 is 1.28 bits per heavy atom. The van der Waals surface area contributed by atoms with Gasteiger partial charge in [0.1, 0.15) is 11.6 Å². The Morgan fingerprint density at radius 3 is 2.78 bits per heavy atom. The molecule has 0 amide bonds. The number of fused-ring (bicyclic) bond motifs is 1. The van der Waals surface area contributed by atoms with Crippen LogP contribution in [0, 0.1) is 0 Å². The number of thioether (sulfide) groups is 1. The van der Waals surface area contributed by atoms with Gasteiger partial charge < -0.3 is 9.40 Å². The molecule has 0 aliphatic heterocycles. The van der Waals surface area contributed by atoms with Gasteiger partial charge in [-0.2, -0.15) is 4.98 Å². The molecule has 0 fully saturated rings. The van der Waals surface area contributed by atoms with Gasteiger partial charge in [-0.05, 0) is 11.8 Å². The molecular formula is C13H10N2O2S. The first kappa shape index (κ1) is 11.1. The van der Waals surface area contributed by atoms with Gasteiger partial charge in [0.05, 0.1) is 0 Å². The van der Waals surface area contributed by atoms with Gasteiger partial charge in [0.2, 0.25) is 5.71 Å². The summed E-state index contributed by atoms with van der Waals surface area (Å²) in [7, 11) is 0. The van der Waals surface area contributed by atoms with Crippen molar-refractivity contribution in [3.8, 4) is 11.1 Å². The van der Waals surface area contributed by atoms with E-state index in [-0.39, 0.29) is 5.56 Å². The van der Waals surface area contributed by atoms with Gasteiger partial charge >= 0.3 is 0 Å². The Hall–Kier alpha value is -2.01. The molecule has 0 saturated heterocycles. The van der Waals surface area contributed by atoms with Crippen molar-refractivity contribution >= 4 is 22.9 Å². The van der Waals surface area contributed by atoms with Crippen LogP contribution in [0.25, 0.3) is 22.2 Å². The maximum absolute atomic E-state index is 12.0. The van der Waals surface area contributed by atoms with Crippen molar-refractivity contribution in [1.29, 1.82) is 0 Å². The van der Waals surface area contributed by atoms with Gasteiger partial charge in [0.15, 0.2) is 5.16 Å². The van der Waals surface area contributed by atoms with Crippen molar-refractivity contribution in [2.75, 3.05) is 6.26 Å². The summed E-state index contributed by atoms with van der Waals surface area (Å²) in [4.78, 5) is 19.0. The second-order valence-corrected chi connectivity index (χ2v) is 4.57. The van der Waals surface area contributed by atoms with E-state index in [1.54, 1.807) is 6.26 Å². The third-order valence-corrected chi connectivity index (χ3v) is 3.28. The fourth-order valence-corrected chi connectivity index (χ4v) is 2.23. The highest BCUT2D eigenvalue weighted by Gasteiger charge is 2.13. The average Bonchev–Trinajstić information content (AvgIpc) is 2.84. The summed E-state index contributed by atoms with van der Waals surface area (Å²) < 4.78 is 5.38. The van der Waals surface area contributed by atoms with E-state index in [1.807, 2.05) is 36.6 Å². The highest BCUT2D eigenvalue weighted by atomic mass is 32.2. The summed E-state index contributed by atoms with van der Waals surface area (Å²) in [6.07, 6.45) is 3.43. The second-order valence-electron chi connectivity index (χ2n) is 3.77. The van der Waals surface area contributed by atoms with E-state index in [9.17, 15) is 4.79 Å². The van der Waals surface area contributed by atoms with E-state index < -0.39 is 0 Å². The first-order valence-electron chi connectivity index (χ1n) is 5.40. The summed E-state index contributed by atoms with van der Waals surface area (Å²) in [6.45, 7) is 0. The van der Waals surface area contributed by atoms with Crippen LogP contribution < -0.4 is 5.56 Å². The van der Waals surface area contributed by atoms with Gasteiger partial charge in [-0.15, -0.1) is 0 Å². The number of nitrogens with one attached hydrogen (secondary N) is 1. The summed E-state index contributed by atoms with van der Waals surface area (Å²) in [6, 6.07) is 9.65. The minimum atomic E-state index is -0.169. The molecule has 0 spiro atoms. The second kappa shape index (κ2) is 4.34. The number of aromatic amines is 1. The van der Waals surface area contributed by atoms with E-state index in [2.05, 4.69) is 9.97 Å². The largest absolute Gasteiger partial charge is 0.445 e. The Balaban J connectivity index is 2.30. The van der Waals surface area contributed by atoms with Crippen LogP contribution in [-0.2, 0) is 0 Å². The molecule has 0 aliphatic carbocycles. The Morgan fingerprint density at radius 2 is 2.06 bits per heavy atom. The zero-order valence-corrected chi connectivity index (χ0v) is 10.5. The molecule has 4 nitrogen and oxygen atoms in total. The van der Waals surface area contributed by atoms with Crippen molar-refractivity contribution < 1.29 is 4.42 Å². The summed E-state index contributed by atoms with van der Waals surface area (Å²) >= 11 is 1.38. The zero-order chi connectivity index (χ0) is 12.5. The minimum Gasteiger partial charge on any atom is -0.445 e. The third kappa shape index (κ3) is 1.73. The molecule has 0 aliphatic rings. The monoisotopic (exact) mass is 258 g/mol. The molecule has 0 saturated carbocycles. The van der Waals surface area contributed by atoms with Crippen molar-refractivity contribution in [1.82, 2.24) is 9.97 Å². The Bertz CT molecular complexity index is 747. The van der Waals surface area contributed by atoms with Crippen LogP contribution in [0.4, 0.5) is 0 Å². The number of aromatic nitrogens is 2. The van der Waals surface area contributed by atoms with E-state index >= 15 is 0 Å². The average molecular weight is 258 g/mol. The van der Waals surface area contributed by atoms with E-state index in [0.29, 0.717) is 16.3 Å². The smallest absolute Gasteiger partial charge is 0.263 e. The minimum absolute atomic E-state index is 0.169. The maximum atomic E-state index is 12.0. The summed E-state index contributed by atoms with van der Waals surface area (Å²) in [5.74, 6) is 0. The van der Waals surface area contributed by atoms with Gasteiger partial charge in [-0.3, -0.25) is 4.79 Å². The fraction of sp³-hybridized carbons (Fsp3) is 0.0769. The standard InChI is InChI=1S/C13H10N2O2S/c1-18-13-14-11(16)10-9(7-17-12(10)15-13)8-5-3-2-4-6-8/h2-7H,1H3,(H,14,15,16). The maximum Gasteiger partial charge on any atom is 0.263 e. The predicted octanol–water partition coefficient (Wildman–Crippen LogP) is 2.91. The number of rotatable bonds is 2. The molecule has 1 N–H and O–H groups in total. The predicted molar refractivity (Wildman–Crippen MR) is 71.8 cm³/mol. The fourth-order valence-electron chi connectivity index (χ4n) is 1.86. The molecule has 2 aromatic heterocycles. The number of nitrogens with zero attached hydrogens (tertiary/aromatic N) is 1. The highest BCUT2D eigenvalue weighted by molar-refractivity contribution is 7.98. The first-order valence-corrected chi connectivity index (χ1v) is 6.63. The Labute approximate surface area is 107 Å². The third-order valence-electron chi connectivity index (χ3n) is 2.70. The highest BCUT2D eigenvalue weighted by Crippen LogP contribution is 2.27. The lowest BCUT2D eigenvalue weighted by molar-refractivity contribution is 0.597. The first-order chi connectivity index (χ1) is 8.79. The van der Waals surface area contributed by atoms with E-state index in [4.69, 9.17) is 4.42 Å². The molecule has 0 bridgehead atoms. The van der Waals surface area contributed by atoms with Crippen LogP contribution in [-0.4, -0.2) is 16.2 Å². The molecule has 3 aromatic rings. The molecule has 0 radical (unpaired) electrons. The zero-order valence-electron chi connectivity index (χ0n) is 9.64. The van der Waals surface area contributed by atoms with Crippen LogP contribution in [0.3, 0.4) is 0 Å². The van der Waals surface area contributed by atoms with Crippen LogP contribution in [0.15, 0.2) is 51.0 Å². The topological polar surface area (TPSA) is 58.9 Å². The number of hydrogen-bond acceptors (Lipinski definition) is 4. The van der Waals surface area contributed by atoms with E-state index in [0.717, 1.165) is 11.1 Å². The summed E-state index contributed by atoms with van der Waals surface area (Å²) in [5, 5.41) is 1.06. The van der Waals surface area contributed by atoms with Crippen LogP contribution >= 0.6 is 11.8 Å². The van der Waals surface area contributed by atoms with Crippen LogP contribution in [0.2, 0.25) is 0 Å². The molecule has 0 unspecified atom stereocenters. The van der Waals surface area contributed by atoms with Crippen molar-refractivity contribution in [2.24, 2.45) is 0 Å². The molecule has 18 heavy (non-hydrogen) atoms. The molecule has 5 heteroatoms. The molecular weight excluding hydrogens is 248 g/mol.